The van der Waals surface area contributed by atoms with Crippen LogP contribution in [-0.4, -0.2) is 43.6 Å². The molecule has 0 radical (unpaired) electrons. The highest BCUT2D eigenvalue weighted by molar-refractivity contribution is 7.85. The fourth-order valence-electron chi connectivity index (χ4n) is 2.18. The lowest BCUT2D eigenvalue weighted by molar-refractivity contribution is -0.0420. The number of hydrogen-bond donors (Lipinski definition) is 0. The summed E-state index contributed by atoms with van der Waals surface area (Å²) in [4.78, 5) is 12.0. The second kappa shape index (κ2) is 7.21. The molecule has 1 saturated heterocycles. The average molecular weight is 332 g/mol. The molecule has 2 heterocycles. The zero-order valence-corrected chi connectivity index (χ0v) is 13.5. The van der Waals surface area contributed by atoms with E-state index in [1.54, 1.807) is 6.92 Å². The standard InChI is InChI=1S/C13H20N2O6S/c1-3-19-13(16)11-8-10(9-21-22(2,17)18)14-15(11)12-6-4-5-7-20-12/h8,12H,3-7,9H2,1-2H3. The maximum atomic E-state index is 12.0. The molecule has 0 amide bonds. The number of hydrogen-bond acceptors (Lipinski definition) is 7. The van der Waals surface area contributed by atoms with Gasteiger partial charge in [-0.3, -0.25) is 4.18 Å². The quantitative estimate of drug-likeness (QED) is 0.571. The monoisotopic (exact) mass is 332 g/mol. The molecular formula is C13H20N2O6S. The van der Waals surface area contributed by atoms with E-state index in [1.165, 1.54) is 10.7 Å². The van der Waals surface area contributed by atoms with Crippen molar-refractivity contribution in [3.05, 3.63) is 17.5 Å². The average Bonchev–Trinajstić information content (AvgIpc) is 2.90. The van der Waals surface area contributed by atoms with Crippen LogP contribution in [0.1, 0.15) is 48.6 Å². The molecule has 1 atom stereocenters. The molecule has 0 aliphatic carbocycles. The van der Waals surface area contributed by atoms with E-state index in [2.05, 4.69) is 5.10 Å². The van der Waals surface area contributed by atoms with Crippen LogP contribution in [0.5, 0.6) is 0 Å². The number of aromatic nitrogens is 2. The highest BCUT2D eigenvalue weighted by Crippen LogP contribution is 2.24. The summed E-state index contributed by atoms with van der Waals surface area (Å²) in [6, 6.07) is 1.47. The molecule has 1 aliphatic heterocycles. The third-order valence-corrected chi connectivity index (χ3v) is 3.67. The molecular weight excluding hydrogens is 312 g/mol. The molecule has 9 heteroatoms. The third-order valence-electron chi connectivity index (χ3n) is 3.12. The Labute approximate surface area is 129 Å². The number of carbonyl (C=O) groups excluding carboxylic acids is 1. The van der Waals surface area contributed by atoms with Gasteiger partial charge in [0.25, 0.3) is 10.1 Å². The van der Waals surface area contributed by atoms with E-state index in [0.717, 1.165) is 25.5 Å². The summed E-state index contributed by atoms with van der Waals surface area (Å²) in [7, 11) is -3.58. The number of esters is 1. The van der Waals surface area contributed by atoms with Gasteiger partial charge in [0.2, 0.25) is 0 Å². The van der Waals surface area contributed by atoms with Gasteiger partial charge in [-0.05, 0) is 32.3 Å². The highest BCUT2D eigenvalue weighted by atomic mass is 32.2. The van der Waals surface area contributed by atoms with E-state index < -0.39 is 16.1 Å². The molecule has 0 bridgehead atoms. The van der Waals surface area contributed by atoms with Crippen molar-refractivity contribution in [2.75, 3.05) is 19.5 Å². The molecule has 1 aliphatic rings. The summed E-state index contributed by atoms with van der Waals surface area (Å²) < 4.78 is 38.9. The first-order valence-electron chi connectivity index (χ1n) is 7.12. The Hall–Kier alpha value is -1.45. The van der Waals surface area contributed by atoms with Crippen molar-refractivity contribution in [2.24, 2.45) is 0 Å². The molecule has 0 saturated carbocycles. The largest absolute Gasteiger partial charge is 0.461 e. The smallest absolute Gasteiger partial charge is 0.356 e. The van der Waals surface area contributed by atoms with E-state index in [1.807, 2.05) is 0 Å². The Balaban J connectivity index is 2.23. The van der Waals surface area contributed by atoms with Crippen molar-refractivity contribution in [1.29, 1.82) is 0 Å². The third kappa shape index (κ3) is 4.52. The molecule has 0 spiro atoms. The molecule has 1 unspecified atom stereocenters. The van der Waals surface area contributed by atoms with Gasteiger partial charge in [0, 0.05) is 6.61 Å². The fraction of sp³-hybridized carbons (Fsp3) is 0.692. The zero-order chi connectivity index (χ0) is 16.2. The summed E-state index contributed by atoms with van der Waals surface area (Å²) in [6.45, 7) is 2.32. The summed E-state index contributed by atoms with van der Waals surface area (Å²) in [6.07, 6.45) is 3.29. The number of carbonyl (C=O) groups is 1. The minimum Gasteiger partial charge on any atom is -0.461 e. The normalized spacial score (nSPS) is 19.1. The van der Waals surface area contributed by atoms with E-state index in [-0.39, 0.29) is 25.1 Å². The summed E-state index contributed by atoms with van der Waals surface area (Å²) in [5, 5.41) is 4.24. The highest BCUT2D eigenvalue weighted by Gasteiger charge is 2.25. The number of ether oxygens (including phenoxy) is 2. The van der Waals surface area contributed by atoms with E-state index >= 15 is 0 Å². The van der Waals surface area contributed by atoms with Crippen molar-refractivity contribution in [3.63, 3.8) is 0 Å². The SMILES string of the molecule is CCOC(=O)c1cc(COS(C)(=O)=O)nn1C1CCCCO1. The summed E-state index contributed by atoms with van der Waals surface area (Å²) in [5.74, 6) is -0.519. The Morgan fingerprint density at radius 3 is 2.86 bits per heavy atom. The van der Waals surface area contributed by atoms with Crippen molar-refractivity contribution in [2.45, 2.75) is 39.0 Å². The van der Waals surface area contributed by atoms with Crippen LogP contribution in [0.25, 0.3) is 0 Å². The van der Waals surface area contributed by atoms with Gasteiger partial charge in [-0.1, -0.05) is 0 Å². The van der Waals surface area contributed by atoms with E-state index in [0.29, 0.717) is 12.3 Å². The lowest BCUT2D eigenvalue weighted by atomic mass is 10.2. The van der Waals surface area contributed by atoms with Crippen LogP contribution in [0.4, 0.5) is 0 Å². The molecule has 0 aromatic carbocycles. The molecule has 0 N–H and O–H groups in total. The van der Waals surface area contributed by atoms with Crippen LogP contribution < -0.4 is 0 Å². The van der Waals surface area contributed by atoms with Gasteiger partial charge in [-0.2, -0.15) is 13.5 Å². The first-order chi connectivity index (χ1) is 10.4. The Morgan fingerprint density at radius 1 is 1.50 bits per heavy atom. The first-order valence-corrected chi connectivity index (χ1v) is 8.94. The van der Waals surface area contributed by atoms with Gasteiger partial charge < -0.3 is 9.47 Å². The molecule has 1 fully saturated rings. The van der Waals surface area contributed by atoms with E-state index in [9.17, 15) is 13.2 Å². The molecule has 1 aromatic heterocycles. The molecule has 22 heavy (non-hydrogen) atoms. The van der Waals surface area contributed by atoms with Gasteiger partial charge in [0.15, 0.2) is 6.23 Å². The summed E-state index contributed by atoms with van der Waals surface area (Å²) in [5.41, 5.74) is 0.573. The van der Waals surface area contributed by atoms with Crippen LogP contribution in [-0.2, 0) is 30.4 Å². The first kappa shape index (κ1) is 16.9. The van der Waals surface area contributed by atoms with E-state index in [4.69, 9.17) is 13.7 Å². The van der Waals surface area contributed by atoms with Crippen molar-refractivity contribution in [1.82, 2.24) is 9.78 Å². The maximum Gasteiger partial charge on any atom is 0.356 e. The van der Waals surface area contributed by atoms with Crippen molar-refractivity contribution >= 4 is 16.1 Å². The molecule has 1 aromatic rings. The Kier molecular flexibility index (Phi) is 5.54. The maximum absolute atomic E-state index is 12.0. The van der Waals surface area contributed by atoms with Crippen LogP contribution in [0, 0.1) is 0 Å². The molecule has 124 valence electrons. The predicted octanol–water partition coefficient (Wildman–Crippen LogP) is 1.24. The Morgan fingerprint density at radius 2 is 2.27 bits per heavy atom. The topological polar surface area (TPSA) is 96.7 Å². The number of nitrogens with zero attached hydrogens (tertiary/aromatic N) is 2. The Bertz CT molecular complexity index is 618. The predicted molar refractivity (Wildman–Crippen MR) is 76.7 cm³/mol. The van der Waals surface area contributed by atoms with Crippen LogP contribution in [0.15, 0.2) is 6.07 Å². The van der Waals surface area contributed by atoms with Crippen LogP contribution in [0.3, 0.4) is 0 Å². The van der Waals surface area contributed by atoms with Gasteiger partial charge in [-0.15, -0.1) is 0 Å². The summed E-state index contributed by atoms with van der Waals surface area (Å²) >= 11 is 0. The second-order valence-corrected chi connectivity index (χ2v) is 6.62. The fourth-order valence-corrected chi connectivity index (χ4v) is 2.51. The number of rotatable bonds is 6. The van der Waals surface area contributed by atoms with Crippen molar-refractivity contribution < 1.29 is 26.9 Å². The minimum atomic E-state index is -3.58. The second-order valence-electron chi connectivity index (χ2n) is 4.97. The molecule has 8 nitrogen and oxygen atoms in total. The van der Waals surface area contributed by atoms with Gasteiger partial charge in [-0.25, -0.2) is 9.48 Å². The van der Waals surface area contributed by atoms with Crippen molar-refractivity contribution in [3.8, 4) is 0 Å². The van der Waals surface area contributed by atoms with Crippen LogP contribution >= 0.6 is 0 Å². The van der Waals surface area contributed by atoms with Gasteiger partial charge in [0.05, 0.1) is 18.6 Å². The minimum absolute atomic E-state index is 0.231. The van der Waals surface area contributed by atoms with Gasteiger partial charge >= 0.3 is 5.97 Å². The zero-order valence-electron chi connectivity index (χ0n) is 12.6. The molecule has 2 rings (SSSR count). The lowest BCUT2D eigenvalue weighted by Crippen LogP contribution is -2.23. The van der Waals surface area contributed by atoms with Gasteiger partial charge in [0.1, 0.15) is 12.3 Å². The lowest BCUT2D eigenvalue weighted by Gasteiger charge is -2.24. The van der Waals surface area contributed by atoms with Crippen LogP contribution in [0.2, 0.25) is 0 Å².